The zero-order valence-electron chi connectivity index (χ0n) is 11.5. The first-order chi connectivity index (χ1) is 7.86. The summed E-state index contributed by atoms with van der Waals surface area (Å²) in [5, 5.41) is 9.22. The van der Waals surface area contributed by atoms with Gasteiger partial charge in [0, 0.05) is 6.61 Å². The van der Waals surface area contributed by atoms with Crippen molar-refractivity contribution < 1.29 is 14.6 Å². The highest BCUT2D eigenvalue weighted by atomic mass is 16.5. The molecule has 100 valence electrons. The van der Waals surface area contributed by atoms with Gasteiger partial charge in [-0.25, -0.2) is 0 Å². The van der Waals surface area contributed by atoms with Crippen LogP contribution >= 0.6 is 0 Å². The lowest BCUT2D eigenvalue weighted by Crippen LogP contribution is -2.40. The van der Waals surface area contributed by atoms with E-state index in [1.54, 1.807) is 0 Å². The fourth-order valence-corrected chi connectivity index (χ4v) is 2.65. The molecule has 3 nitrogen and oxygen atoms in total. The number of carbonyl (C=O) groups is 1. The molecule has 0 aromatic rings. The van der Waals surface area contributed by atoms with Crippen molar-refractivity contribution >= 4 is 5.97 Å². The monoisotopic (exact) mass is 242 g/mol. The SMILES string of the molecule is CCCOC1CC(C(C)(C)C)CCC1C(=O)O. The van der Waals surface area contributed by atoms with Crippen molar-refractivity contribution in [3.8, 4) is 0 Å². The lowest BCUT2D eigenvalue weighted by molar-refractivity contribution is -0.152. The molecule has 3 atom stereocenters. The number of carboxylic acids is 1. The molecule has 1 aliphatic rings. The van der Waals surface area contributed by atoms with E-state index >= 15 is 0 Å². The summed E-state index contributed by atoms with van der Waals surface area (Å²) in [4.78, 5) is 11.2. The van der Waals surface area contributed by atoms with Crippen LogP contribution in [0.2, 0.25) is 0 Å². The van der Waals surface area contributed by atoms with Crippen LogP contribution in [0.15, 0.2) is 0 Å². The van der Waals surface area contributed by atoms with Crippen molar-refractivity contribution in [2.45, 2.75) is 59.5 Å². The van der Waals surface area contributed by atoms with E-state index in [4.69, 9.17) is 4.74 Å². The molecule has 1 N–H and O–H groups in total. The molecule has 0 saturated heterocycles. The van der Waals surface area contributed by atoms with Crippen molar-refractivity contribution in [1.82, 2.24) is 0 Å². The molecule has 3 heteroatoms. The molecular formula is C14H26O3. The van der Waals surface area contributed by atoms with Crippen molar-refractivity contribution in [2.75, 3.05) is 6.61 Å². The second kappa shape index (κ2) is 5.85. The summed E-state index contributed by atoms with van der Waals surface area (Å²) < 4.78 is 5.75. The van der Waals surface area contributed by atoms with E-state index < -0.39 is 5.97 Å². The van der Waals surface area contributed by atoms with Gasteiger partial charge in [0.15, 0.2) is 0 Å². The average Bonchev–Trinajstić information content (AvgIpc) is 2.24. The molecule has 0 aromatic heterocycles. The van der Waals surface area contributed by atoms with Crippen LogP contribution in [-0.2, 0) is 9.53 Å². The van der Waals surface area contributed by atoms with E-state index in [0.29, 0.717) is 12.5 Å². The van der Waals surface area contributed by atoms with E-state index in [9.17, 15) is 9.90 Å². The van der Waals surface area contributed by atoms with Crippen LogP contribution in [0.25, 0.3) is 0 Å². The summed E-state index contributed by atoms with van der Waals surface area (Å²) >= 11 is 0. The van der Waals surface area contributed by atoms with Crippen molar-refractivity contribution in [3.63, 3.8) is 0 Å². The zero-order valence-corrected chi connectivity index (χ0v) is 11.5. The fourth-order valence-electron chi connectivity index (χ4n) is 2.65. The Labute approximate surface area is 105 Å². The van der Waals surface area contributed by atoms with Crippen molar-refractivity contribution in [2.24, 2.45) is 17.3 Å². The zero-order chi connectivity index (χ0) is 13.1. The fraction of sp³-hybridized carbons (Fsp3) is 0.929. The standard InChI is InChI=1S/C14H26O3/c1-5-8-17-12-9-10(14(2,3)4)6-7-11(12)13(15)16/h10-12H,5-9H2,1-4H3,(H,15,16). The van der Waals surface area contributed by atoms with Crippen LogP contribution in [0, 0.1) is 17.3 Å². The third-order valence-electron chi connectivity index (χ3n) is 3.87. The molecule has 0 bridgehead atoms. The van der Waals surface area contributed by atoms with E-state index in [1.165, 1.54) is 0 Å². The molecule has 3 unspecified atom stereocenters. The van der Waals surface area contributed by atoms with Gasteiger partial charge in [0.25, 0.3) is 0 Å². The van der Waals surface area contributed by atoms with Gasteiger partial charge in [-0.1, -0.05) is 27.7 Å². The van der Waals surface area contributed by atoms with Gasteiger partial charge in [0.1, 0.15) is 0 Å². The molecule has 0 radical (unpaired) electrons. The highest BCUT2D eigenvalue weighted by Crippen LogP contribution is 2.41. The highest BCUT2D eigenvalue weighted by molar-refractivity contribution is 5.70. The maximum Gasteiger partial charge on any atom is 0.309 e. The first kappa shape index (κ1) is 14.5. The second-order valence-corrected chi connectivity index (χ2v) is 6.23. The van der Waals surface area contributed by atoms with E-state index in [0.717, 1.165) is 25.7 Å². The van der Waals surface area contributed by atoms with Gasteiger partial charge < -0.3 is 9.84 Å². The summed E-state index contributed by atoms with van der Waals surface area (Å²) in [6.07, 6.45) is 3.51. The maximum atomic E-state index is 11.2. The summed E-state index contributed by atoms with van der Waals surface area (Å²) in [5.74, 6) is -0.432. The van der Waals surface area contributed by atoms with Gasteiger partial charge in [-0.05, 0) is 37.0 Å². The quantitative estimate of drug-likeness (QED) is 0.822. The molecule has 1 rings (SSSR count). The van der Waals surface area contributed by atoms with Gasteiger partial charge in [-0.15, -0.1) is 0 Å². The van der Waals surface area contributed by atoms with Crippen LogP contribution in [0.3, 0.4) is 0 Å². The van der Waals surface area contributed by atoms with Gasteiger partial charge in [0.2, 0.25) is 0 Å². The molecule has 0 aliphatic heterocycles. The predicted molar refractivity (Wildman–Crippen MR) is 68.0 cm³/mol. The summed E-state index contributed by atoms with van der Waals surface area (Å²) in [7, 11) is 0. The largest absolute Gasteiger partial charge is 0.481 e. The Balaban J connectivity index is 2.66. The molecule has 1 fully saturated rings. The topological polar surface area (TPSA) is 46.5 Å². The first-order valence-corrected chi connectivity index (χ1v) is 6.70. The number of rotatable bonds is 4. The number of hydrogen-bond acceptors (Lipinski definition) is 2. The van der Waals surface area contributed by atoms with Crippen molar-refractivity contribution in [1.29, 1.82) is 0 Å². The lowest BCUT2D eigenvalue weighted by Gasteiger charge is -2.40. The molecule has 0 amide bonds. The number of aliphatic carboxylic acids is 1. The molecule has 0 heterocycles. The van der Waals surface area contributed by atoms with Crippen LogP contribution in [0.1, 0.15) is 53.4 Å². The first-order valence-electron chi connectivity index (χ1n) is 6.70. The average molecular weight is 242 g/mol. The minimum atomic E-state index is -0.696. The minimum absolute atomic E-state index is 0.0922. The Kier molecular flexibility index (Phi) is 4.99. The summed E-state index contributed by atoms with van der Waals surface area (Å²) in [5.41, 5.74) is 0.247. The van der Waals surface area contributed by atoms with Gasteiger partial charge in [-0.2, -0.15) is 0 Å². The maximum absolute atomic E-state index is 11.2. The van der Waals surface area contributed by atoms with Gasteiger partial charge in [-0.3, -0.25) is 4.79 Å². The minimum Gasteiger partial charge on any atom is -0.481 e. The summed E-state index contributed by atoms with van der Waals surface area (Å²) in [6.45, 7) is 9.42. The number of ether oxygens (including phenoxy) is 1. The summed E-state index contributed by atoms with van der Waals surface area (Å²) in [6, 6.07) is 0. The second-order valence-electron chi connectivity index (χ2n) is 6.23. The smallest absolute Gasteiger partial charge is 0.309 e. The normalized spacial score (nSPS) is 30.2. The van der Waals surface area contributed by atoms with Gasteiger partial charge in [0.05, 0.1) is 12.0 Å². The Morgan fingerprint density at radius 1 is 1.35 bits per heavy atom. The Bertz CT molecular complexity index is 255. The van der Waals surface area contributed by atoms with Crippen LogP contribution in [-0.4, -0.2) is 23.8 Å². The van der Waals surface area contributed by atoms with E-state index in [-0.39, 0.29) is 17.4 Å². The van der Waals surface area contributed by atoms with Crippen LogP contribution in [0.5, 0.6) is 0 Å². The van der Waals surface area contributed by atoms with E-state index in [1.807, 2.05) is 0 Å². The molecule has 0 aromatic carbocycles. The van der Waals surface area contributed by atoms with Crippen LogP contribution in [0.4, 0.5) is 0 Å². The number of carboxylic acid groups (broad SMARTS) is 1. The Morgan fingerprint density at radius 2 is 2.00 bits per heavy atom. The van der Waals surface area contributed by atoms with E-state index in [2.05, 4.69) is 27.7 Å². The highest BCUT2D eigenvalue weighted by Gasteiger charge is 2.39. The third kappa shape index (κ3) is 3.98. The molecule has 1 saturated carbocycles. The molecular weight excluding hydrogens is 216 g/mol. The van der Waals surface area contributed by atoms with Crippen LogP contribution < -0.4 is 0 Å². The lowest BCUT2D eigenvalue weighted by atomic mass is 9.68. The molecule has 17 heavy (non-hydrogen) atoms. The third-order valence-corrected chi connectivity index (χ3v) is 3.87. The number of hydrogen-bond donors (Lipinski definition) is 1. The molecule has 0 spiro atoms. The Morgan fingerprint density at radius 3 is 2.47 bits per heavy atom. The Hall–Kier alpha value is -0.570. The predicted octanol–water partition coefficient (Wildman–Crippen LogP) is 3.33. The van der Waals surface area contributed by atoms with Gasteiger partial charge >= 0.3 is 5.97 Å². The molecule has 1 aliphatic carbocycles. The van der Waals surface area contributed by atoms with Crippen molar-refractivity contribution in [3.05, 3.63) is 0 Å².